The molecule has 19 heavy (non-hydrogen) atoms. The van der Waals surface area contributed by atoms with Crippen molar-refractivity contribution in [2.75, 3.05) is 5.32 Å². The zero-order chi connectivity index (χ0) is 13.7. The molecule has 0 fully saturated rings. The van der Waals surface area contributed by atoms with E-state index < -0.39 is 0 Å². The van der Waals surface area contributed by atoms with Gasteiger partial charge in [-0.3, -0.25) is 0 Å². The molecule has 2 rings (SSSR count). The Balaban J connectivity index is 1.87. The number of halogens is 1. The molecule has 0 aliphatic rings. The first kappa shape index (κ1) is 13.8. The molecule has 2 nitrogen and oxygen atoms in total. The van der Waals surface area contributed by atoms with E-state index in [2.05, 4.69) is 36.5 Å². The second-order valence-electron chi connectivity index (χ2n) is 4.74. The topological polar surface area (TPSA) is 32.3 Å². The third-order valence-corrected chi connectivity index (χ3v) is 3.37. The maximum Gasteiger partial charge on any atom is 0.134 e. The van der Waals surface area contributed by atoms with E-state index >= 15 is 0 Å². The van der Waals surface area contributed by atoms with Crippen LogP contribution in [0.25, 0.3) is 0 Å². The predicted molar refractivity (Wildman–Crippen MR) is 81.0 cm³/mol. The Kier molecular flexibility index (Phi) is 4.69. The molecular weight excluding hydrogens is 258 g/mol. The number of phenols is 1. The molecule has 0 bridgehead atoms. The van der Waals surface area contributed by atoms with Gasteiger partial charge in [-0.1, -0.05) is 41.9 Å². The largest absolute Gasteiger partial charge is 0.506 e. The van der Waals surface area contributed by atoms with E-state index in [1.165, 1.54) is 5.56 Å². The smallest absolute Gasteiger partial charge is 0.134 e. The summed E-state index contributed by atoms with van der Waals surface area (Å²) < 4.78 is 0. The summed E-state index contributed by atoms with van der Waals surface area (Å²) in [5.41, 5.74) is 2.28. The third kappa shape index (κ3) is 4.18. The highest BCUT2D eigenvalue weighted by Crippen LogP contribution is 2.26. The van der Waals surface area contributed by atoms with Gasteiger partial charge in [0.25, 0.3) is 0 Å². The summed E-state index contributed by atoms with van der Waals surface area (Å²) in [6.45, 7) is 2.14. The van der Waals surface area contributed by atoms with Gasteiger partial charge in [-0.05, 0) is 43.5 Å². The lowest BCUT2D eigenvalue weighted by atomic mass is 10.1. The van der Waals surface area contributed by atoms with E-state index in [1.807, 2.05) is 12.1 Å². The van der Waals surface area contributed by atoms with Crippen LogP contribution in [-0.4, -0.2) is 11.1 Å². The number of benzene rings is 2. The fourth-order valence-electron chi connectivity index (χ4n) is 1.98. The molecule has 3 heteroatoms. The molecule has 1 atom stereocenters. The normalized spacial score (nSPS) is 12.1. The van der Waals surface area contributed by atoms with Gasteiger partial charge in [-0.2, -0.15) is 0 Å². The van der Waals surface area contributed by atoms with Crippen LogP contribution >= 0.6 is 11.6 Å². The molecule has 0 amide bonds. The van der Waals surface area contributed by atoms with Crippen molar-refractivity contribution in [2.45, 2.75) is 25.8 Å². The zero-order valence-corrected chi connectivity index (χ0v) is 11.7. The molecule has 0 aliphatic carbocycles. The molecule has 0 aliphatic heterocycles. The fraction of sp³-hybridized carbons (Fsp3) is 0.250. The number of nitrogens with one attached hydrogen (secondary N) is 1. The molecule has 0 saturated carbocycles. The number of aryl methyl sites for hydroxylation is 1. The van der Waals surface area contributed by atoms with Crippen molar-refractivity contribution < 1.29 is 5.11 Å². The van der Waals surface area contributed by atoms with E-state index in [0.717, 1.165) is 18.5 Å². The van der Waals surface area contributed by atoms with Gasteiger partial charge in [0.15, 0.2) is 0 Å². The quantitative estimate of drug-likeness (QED) is 0.789. The second kappa shape index (κ2) is 6.48. The van der Waals surface area contributed by atoms with Crippen molar-refractivity contribution in [3.05, 3.63) is 59.1 Å². The average Bonchev–Trinajstić information content (AvgIpc) is 2.42. The third-order valence-electron chi connectivity index (χ3n) is 3.07. The van der Waals surface area contributed by atoms with Gasteiger partial charge in [0, 0.05) is 11.7 Å². The van der Waals surface area contributed by atoms with E-state index in [-0.39, 0.29) is 5.75 Å². The van der Waals surface area contributed by atoms with Gasteiger partial charge in [-0.25, -0.2) is 0 Å². The molecule has 1 unspecified atom stereocenters. The highest BCUT2D eigenvalue weighted by Gasteiger charge is 2.05. The molecule has 2 N–H and O–H groups in total. The number of hydrogen-bond acceptors (Lipinski definition) is 2. The van der Waals surface area contributed by atoms with Crippen LogP contribution in [0.1, 0.15) is 18.9 Å². The SMILES string of the molecule is CC(CCc1ccccc1)Nc1ccc(O)c(Cl)c1. The van der Waals surface area contributed by atoms with E-state index in [1.54, 1.807) is 12.1 Å². The molecule has 0 heterocycles. The monoisotopic (exact) mass is 275 g/mol. The summed E-state index contributed by atoms with van der Waals surface area (Å²) >= 11 is 5.88. The zero-order valence-electron chi connectivity index (χ0n) is 10.9. The van der Waals surface area contributed by atoms with E-state index in [0.29, 0.717) is 11.1 Å². The Morgan fingerprint density at radius 3 is 2.58 bits per heavy atom. The van der Waals surface area contributed by atoms with Gasteiger partial charge in [0.2, 0.25) is 0 Å². The van der Waals surface area contributed by atoms with Gasteiger partial charge >= 0.3 is 0 Å². The summed E-state index contributed by atoms with van der Waals surface area (Å²) in [7, 11) is 0. The summed E-state index contributed by atoms with van der Waals surface area (Å²) in [5.74, 6) is 0.115. The Hall–Kier alpha value is -1.67. The lowest BCUT2D eigenvalue weighted by Crippen LogP contribution is -2.15. The van der Waals surface area contributed by atoms with Crippen molar-refractivity contribution >= 4 is 17.3 Å². The van der Waals surface area contributed by atoms with E-state index in [9.17, 15) is 5.11 Å². The lowest BCUT2D eigenvalue weighted by molar-refractivity contribution is 0.475. The Morgan fingerprint density at radius 2 is 1.89 bits per heavy atom. The van der Waals surface area contributed by atoms with Crippen molar-refractivity contribution in [3.63, 3.8) is 0 Å². The summed E-state index contributed by atoms with van der Waals surface area (Å²) in [4.78, 5) is 0. The van der Waals surface area contributed by atoms with Crippen LogP contribution in [0.3, 0.4) is 0 Å². The molecular formula is C16H18ClNO. The van der Waals surface area contributed by atoms with Crippen molar-refractivity contribution in [1.29, 1.82) is 0 Å². The number of rotatable bonds is 5. The van der Waals surface area contributed by atoms with Gasteiger partial charge in [0.05, 0.1) is 5.02 Å². The van der Waals surface area contributed by atoms with Crippen molar-refractivity contribution in [2.24, 2.45) is 0 Å². The molecule has 0 radical (unpaired) electrons. The van der Waals surface area contributed by atoms with Crippen LogP contribution < -0.4 is 5.32 Å². The first-order valence-electron chi connectivity index (χ1n) is 6.44. The first-order valence-corrected chi connectivity index (χ1v) is 6.82. The summed E-state index contributed by atoms with van der Waals surface area (Å²) in [6.07, 6.45) is 2.09. The Morgan fingerprint density at radius 1 is 1.16 bits per heavy atom. The highest BCUT2D eigenvalue weighted by molar-refractivity contribution is 6.32. The number of aromatic hydroxyl groups is 1. The fourth-order valence-corrected chi connectivity index (χ4v) is 2.16. The summed E-state index contributed by atoms with van der Waals surface area (Å²) in [6, 6.07) is 16.0. The van der Waals surface area contributed by atoms with Gasteiger partial charge < -0.3 is 10.4 Å². The first-order chi connectivity index (χ1) is 9.15. The highest BCUT2D eigenvalue weighted by atomic mass is 35.5. The van der Waals surface area contributed by atoms with E-state index in [4.69, 9.17) is 11.6 Å². The summed E-state index contributed by atoms with van der Waals surface area (Å²) in [5, 5.41) is 13.1. The number of phenolic OH excluding ortho intramolecular Hbond substituents is 1. The van der Waals surface area contributed by atoms with Gasteiger partial charge in [-0.15, -0.1) is 0 Å². The molecule has 2 aromatic carbocycles. The minimum Gasteiger partial charge on any atom is -0.506 e. The minimum atomic E-state index is 0.115. The predicted octanol–water partition coefficient (Wildman–Crippen LogP) is 4.48. The minimum absolute atomic E-state index is 0.115. The van der Waals surface area contributed by atoms with Crippen LogP contribution in [0, 0.1) is 0 Å². The molecule has 0 aromatic heterocycles. The Labute approximate surface area is 119 Å². The molecule has 100 valence electrons. The van der Waals surface area contributed by atoms with Crippen LogP contribution in [0.2, 0.25) is 5.02 Å². The number of anilines is 1. The maximum atomic E-state index is 9.37. The second-order valence-corrected chi connectivity index (χ2v) is 5.14. The molecule has 0 spiro atoms. The van der Waals surface area contributed by atoms with Crippen molar-refractivity contribution in [1.82, 2.24) is 0 Å². The number of hydrogen-bond donors (Lipinski definition) is 2. The maximum absolute atomic E-state index is 9.37. The molecule has 0 saturated heterocycles. The van der Waals surface area contributed by atoms with Crippen LogP contribution in [-0.2, 0) is 6.42 Å². The van der Waals surface area contributed by atoms with Crippen LogP contribution in [0.5, 0.6) is 5.75 Å². The lowest BCUT2D eigenvalue weighted by Gasteiger charge is -2.15. The average molecular weight is 276 g/mol. The van der Waals surface area contributed by atoms with Crippen molar-refractivity contribution in [3.8, 4) is 5.75 Å². The van der Waals surface area contributed by atoms with Crippen LogP contribution in [0.4, 0.5) is 5.69 Å². The van der Waals surface area contributed by atoms with Crippen LogP contribution in [0.15, 0.2) is 48.5 Å². The Bertz CT molecular complexity index is 528. The standard InChI is InChI=1S/C16H18ClNO/c1-12(7-8-13-5-3-2-4-6-13)18-14-9-10-16(19)15(17)11-14/h2-6,9-12,18-19H,7-8H2,1H3. The molecule has 2 aromatic rings. The van der Waals surface area contributed by atoms with Gasteiger partial charge in [0.1, 0.15) is 5.75 Å².